The molecule has 4 rings (SSSR count). The van der Waals surface area contributed by atoms with E-state index in [4.69, 9.17) is 13.9 Å². The van der Waals surface area contributed by atoms with Crippen molar-refractivity contribution in [2.75, 3.05) is 6.61 Å². The number of ether oxygens (including phenoxy) is 2. The van der Waals surface area contributed by atoms with Crippen LogP contribution in [0.25, 0.3) is 21.9 Å². The van der Waals surface area contributed by atoms with Crippen LogP contribution in [0.4, 0.5) is 0 Å². The molecule has 0 bridgehead atoms. The van der Waals surface area contributed by atoms with E-state index in [9.17, 15) is 14.7 Å². The van der Waals surface area contributed by atoms with Gasteiger partial charge in [0.25, 0.3) is 0 Å². The van der Waals surface area contributed by atoms with Gasteiger partial charge in [0.2, 0.25) is 5.43 Å². The molecule has 0 aliphatic carbocycles. The first-order chi connectivity index (χ1) is 13.2. The monoisotopic (exact) mass is 382 g/mol. The minimum atomic E-state index is -0.652. The van der Waals surface area contributed by atoms with E-state index >= 15 is 0 Å². The maximum atomic E-state index is 13.3. The molecule has 1 saturated heterocycles. The molecule has 1 fully saturated rings. The molecule has 6 heteroatoms. The van der Waals surface area contributed by atoms with Gasteiger partial charge in [-0.2, -0.15) is 0 Å². The minimum absolute atomic E-state index is 0.0553. The van der Waals surface area contributed by atoms with Crippen LogP contribution < -0.4 is 10.2 Å². The van der Waals surface area contributed by atoms with Crippen LogP contribution in [0.5, 0.6) is 11.5 Å². The highest BCUT2D eigenvalue weighted by molar-refractivity contribution is 6.11. The number of aromatic hydroxyl groups is 1. The Balaban J connectivity index is 2.09. The number of phenols is 1. The predicted molar refractivity (Wildman–Crippen MR) is 105 cm³/mol. The largest absolute Gasteiger partial charge is 0.507 e. The summed E-state index contributed by atoms with van der Waals surface area (Å²) in [7, 11) is 0. The van der Waals surface area contributed by atoms with E-state index in [0.717, 1.165) is 0 Å². The number of hydrogen-bond acceptors (Lipinski definition) is 6. The molecule has 0 spiro atoms. The van der Waals surface area contributed by atoms with Crippen molar-refractivity contribution in [2.24, 2.45) is 0 Å². The lowest BCUT2D eigenvalue weighted by Crippen LogP contribution is -2.35. The molecule has 2 heterocycles. The van der Waals surface area contributed by atoms with E-state index in [1.165, 1.54) is 6.07 Å². The van der Waals surface area contributed by atoms with Crippen molar-refractivity contribution in [3.63, 3.8) is 0 Å². The second-order valence-corrected chi connectivity index (χ2v) is 7.66. The lowest BCUT2D eigenvalue weighted by atomic mass is 9.96. The molecule has 1 N–H and O–H groups in total. The van der Waals surface area contributed by atoms with E-state index in [1.54, 1.807) is 25.1 Å². The molecule has 1 aliphatic heterocycles. The fourth-order valence-corrected chi connectivity index (χ4v) is 3.50. The average Bonchev–Trinajstić information content (AvgIpc) is 3.48. The molecule has 0 amide bonds. The maximum Gasteiger partial charge on any atom is 0.205 e. The number of carbonyl (C=O) groups is 1. The van der Waals surface area contributed by atoms with Gasteiger partial charge in [-0.3, -0.25) is 9.59 Å². The molecule has 0 saturated carbocycles. The molecular weight excluding hydrogens is 360 g/mol. The Labute approximate surface area is 161 Å². The van der Waals surface area contributed by atoms with Crippen molar-refractivity contribution in [3.8, 4) is 11.5 Å². The molecular formula is C22H22O6. The van der Waals surface area contributed by atoms with Gasteiger partial charge < -0.3 is 19.0 Å². The lowest BCUT2D eigenvalue weighted by molar-refractivity contribution is 0.0714. The summed E-state index contributed by atoms with van der Waals surface area (Å²) in [5.41, 5.74) is 0.361. The Morgan fingerprint density at radius 2 is 2.00 bits per heavy atom. The zero-order valence-corrected chi connectivity index (χ0v) is 16.3. The molecule has 0 radical (unpaired) electrons. The zero-order chi connectivity index (χ0) is 20.2. The fourth-order valence-electron chi connectivity index (χ4n) is 3.50. The van der Waals surface area contributed by atoms with Crippen molar-refractivity contribution in [3.05, 3.63) is 45.6 Å². The number of Topliss-reactive ketones (excluding diaryl/α,β-unsaturated/α-hetero) is 1. The van der Waals surface area contributed by atoms with E-state index in [2.05, 4.69) is 0 Å². The van der Waals surface area contributed by atoms with Crippen LogP contribution in [0, 0.1) is 6.92 Å². The summed E-state index contributed by atoms with van der Waals surface area (Å²) < 4.78 is 17.5. The standard InChI is InChI=1S/C22H22O6/c1-5-12(23)18-19-15(27-14-8-6-7-13(24)17(14)20(19)25)9-11(2)21(18)28-22(3,4)16-10-26-16/h6-9,16,24H,5,10H2,1-4H3/t16-/m1/s1. The topological polar surface area (TPSA) is 89.3 Å². The van der Waals surface area contributed by atoms with Crippen LogP contribution in [0.15, 0.2) is 33.5 Å². The van der Waals surface area contributed by atoms with Gasteiger partial charge >= 0.3 is 0 Å². The van der Waals surface area contributed by atoms with E-state index in [0.29, 0.717) is 23.5 Å². The number of ketones is 1. The average molecular weight is 382 g/mol. The summed E-state index contributed by atoms with van der Waals surface area (Å²) in [4.78, 5) is 26.2. The number of aryl methyl sites for hydroxylation is 1. The minimum Gasteiger partial charge on any atom is -0.507 e. The van der Waals surface area contributed by atoms with Gasteiger partial charge in [0.15, 0.2) is 5.78 Å². The zero-order valence-electron chi connectivity index (χ0n) is 16.3. The molecule has 3 aromatic rings. The Morgan fingerprint density at radius 3 is 2.64 bits per heavy atom. The first kappa shape index (κ1) is 18.5. The number of carbonyl (C=O) groups excluding carboxylic acids is 1. The molecule has 0 unspecified atom stereocenters. The fraction of sp³-hybridized carbons (Fsp3) is 0.364. The Kier molecular flexibility index (Phi) is 4.19. The number of rotatable bonds is 5. The predicted octanol–water partition coefficient (Wildman–Crippen LogP) is 4.11. The Morgan fingerprint density at radius 1 is 1.29 bits per heavy atom. The second kappa shape index (κ2) is 6.34. The second-order valence-electron chi connectivity index (χ2n) is 7.66. The van der Waals surface area contributed by atoms with Crippen LogP contribution in [0.1, 0.15) is 43.1 Å². The third-order valence-electron chi connectivity index (χ3n) is 5.18. The highest BCUT2D eigenvalue weighted by atomic mass is 16.6. The molecule has 6 nitrogen and oxygen atoms in total. The quantitative estimate of drug-likeness (QED) is 0.406. The Bertz CT molecular complexity index is 1170. The van der Waals surface area contributed by atoms with Crippen molar-refractivity contribution in [1.29, 1.82) is 0 Å². The summed E-state index contributed by atoms with van der Waals surface area (Å²) in [5.74, 6) is -0.0435. The normalized spacial score (nSPS) is 16.5. The van der Waals surface area contributed by atoms with Gasteiger partial charge in [-0.25, -0.2) is 0 Å². The van der Waals surface area contributed by atoms with Crippen LogP contribution in [0.2, 0.25) is 0 Å². The number of benzene rings is 2. The molecule has 1 aliphatic rings. The highest BCUT2D eigenvalue weighted by Gasteiger charge is 2.42. The Hall–Kier alpha value is -2.86. The van der Waals surface area contributed by atoms with E-state index in [-0.39, 0.29) is 46.0 Å². The smallest absolute Gasteiger partial charge is 0.205 e. The molecule has 28 heavy (non-hydrogen) atoms. The van der Waals surface area contributed by atoms with Crippen molar-refractivity contribution in [1.82, 2.24) is 0 Å². The molecule has 1 aromatic heterocycles. The van der Waals surface area contributed by atoms with Gasteiger partial charge in [-0.15, -0.1) is 0 Å². The third-order valence-corrected chi connectivity index (χ3v) is 5.18. The first-order valence-corrected chi connectivity index (χ1v) is 9.30. The van der Waals surface area contributed by atoms with Crippen LogP contribution in [0.3, 0.4) is 0 Å². The van der Waals surface area contributed by atoms with Crippen LogP contribution in [-0.2, 0) is 4.74 Å². The van der Waals surface area contributed by atoms with Gasteiger partial charge in [0.05, 0.1) is 17.6 Å². The van der Waals surface area contributed by atoms with Crippen LogP contribution >= 0.6 is 0 Å². The van der Waals surface area contributed by atoms with Gasteiger partial charge in [-0.1, -0.05) is 13.0 Å². The van der Waals surface area contributed by atoms with Gasteiger partial charge in [0, 0.05) is 6.42 Å². The van der Waals surface area contributed by atoms with Crippen molar-refractivity contribution >= 4 is 27.7 Å². The summed E-state index contributed by atoms with van der Waals surface area (Å²) in [6, 6.07) is 6.34. The highest BCUT2D eigenvalue weighted by Crippen LogP contribution is 2.38. The maximum absolute atomic E-state index is 13.3. The summed E-state index contributed by atoms with van der Waals surface area (Å²) in [6.45, 7) is 7.93. The number of phenolic OH excluding ortho intramolecular Hbond substituents is 1. The van der Waals surface area contributed by atoms with Gasteiger partial charge in [-0.05, 0) is 44.5 Å². The van der Waals surface area contributed by atoms with Crippen molar-refractivity contribution < 1.29 is 23.8 Å². The molecule has 1 atom stereocenters. The van der Waals surface area contributed by atoms with Gasteiger partial charge in [0.1, 0.15) is 39.8 Å². The summed E-state index contributed by atoms with van der Waals surface area (Å²) >= 11 is 0. The van der Waals surface area contributed by atoms with Crippen LogP contribution in [-0.4, -0.2) is 29.2 Å². The van der Waals surface area contributed by atoms with Crippen molar-refractivity contribution in [2.45, 2.75) is 45.8 Å². The number of fused-ring (bicyclic) bond motifs is 2. The summed E-state index contributed by atoms with van der Waals surface area (Å²) in [6.07, 6.45) is 0.136. The molecule has 146 valence electrons. The third kappa shape index (κ3) is 2.85. The summed E-state index contributed by atoms with van der Waals surface area (Å²) in [5, 5.41) is 10.4. The number of epoxide rings is 1. The van der Waals surface area contributed by atoms with E-state index in [1.807, 2.05) is 20.8 Å². The first-order valence-electron chi connectivity index (χ1n) is 9.30. The SMILES string of the molecule is CCC(=O)c1c(OC(C)(C)[C@H]2CO2)c(C)cc2oc3cccc(O)c3c(=O)c12. The number of hydrogen-bond donors (Lipinski definition) is 1. The van der Waals surface area contributed by atoms with E-state index < -0.39 is 11.0 Å². The molecule has 2 aromatic carbocycles. The lowest BCUT2D eigenvalue weighted by Gasteiger charge is -2.27.